The fraction of sp³-hybridized carbons (Fsp3) is 0.370. The number of H-pyrrole nitrogens is 1. The van der Waals surface area contributed by atoms with E-state index in [9.17, 15) is 43.8 Å². The lowest BCUT2D eigenvalue weighted by Gasteiger charge is -2.28. The first kappa shape index (κ1) is 54.2. The molecule has 0 saturated carbocycles. The summed E-state index contributed by atoms with van der Waals surface area (Å²) in [5.74, 6) is -6.04. The highest BCUT2D eigenvalue weighted by molar-refractivity contribution is 5.97. The van der Waals surface area contributed by atoms with Crippen molar-refractivity contribution in [3.8, 4) is 11.5 Å². The highest BCUT2D eigenvalue weighted by Gasteiger charge is 2.34. The van der Waals surface area contributed by atoms with Gasteiger partial charge in [-0.05, 0) is 72.7 Å². The predicted octanol–water partition coefficient (Wildman–Crippen LogP) is -2.91. The van der Waals surface area contributed by atoms with E-state index in [0.29, 0.717) is 16.7 Å². The third kappa shape index (κ3) is 17.7. The number of aromatic hydroxyl groups is 2. The van der Waals surface area contributed by atoms with Gasteiger partial charge in [0, 0.05) is 62.9 Å². The first-order valence-electron chi connectivity index (χ1n) is 22.3. The number of primary amides is 1. The Kier molecular flexibility index (Phi) is 20.8. The average Bonchev–Trinajstić information content (AvgIpc) is 3.72. The van der Waals surface area contributed by atoms with Crippen LogP contribution in [0.1, 0.15) is 49.3 Å². The van der Waals surface area contributed by atoms with Crippen LogP contribution in [0.3, 0.4) is 0 Å². The number of nitrogens with one attached hydrogen (secondary N) is 7. The van der Waals surface area contributed by atoms with Gasteiger partial charge in [0.15, 0.2) is 11.9 Å². The van der Waals surface area contributed by atoms with Gasteiger partial charge in [0.25, 0.3) is 0 Å². The van der Waals surface area contributed by atoms with Gasteiger partial charge in [-0.1, -0.05) is 42.5 Å². The number of carbonyl (C=O) groups is 7. The van der Waals surface area contributed by atoms with Crippen molar-refractivity contribution in [3.05, 3.63) is 95.7 Å². The number of aromatic amines is 1. The molecule has 0 spiro atoms. The maximum Gasteiger partial charge on any atom is 0.244 e. The molecule has 4 aromatic rings. The van der Waals surface area contributed by atoms with Gasteiger partial charge in [0.2, 0.25) is 41.4 Å². The number of guanidine groups is 2. The molecule has 21 N–H and O–H groups in total. The number of benzene rings is 3. The van der Waals surface area contributed by atoms with Gasteiger partial charge in [-0.15, -0.1) is 0 Å². The minimum Gasteiger partial charge on any atom is -0.508 e. The van der Waals surface area contributed by atoms with E-state index in [1.807, 2.05) is 18.2 Å². The Morgan fingerprint density at radius 1 is 0.543 bits per heavy atom. The Morgan fingerprint density at radius 2 is 0.957 bits per heavy atom. The fourth-order valence-corrected chi connectivity index (χ4v) is 7.28. The largest absolute Gasteiger partial charge is 0.508 e. The molecule has 0 bridgehead atoms. The second-order valence-corrected chi connectivity index (χ2v) is 16.4. The number of nitrogens with two attached hydrogens (primary N) is 6. The molecule has 1 aromatic heterocycles. The molecule has 70 heavy (non-hydrogen) atoms. The highest BCUT2D eigenvalue weighted by atomic mass is 16.3. The molecule has 24 heteroatoms. The lowest BCUT2D eigenvalue weighted by Crippen LogP contribution is -2.60. The lowest BCUT2D eigenvalue weighted by molar-refractivity contribution is -0.135. The molecular formula is C46H63N15O9. The van der Waals surface area contributed by atoms with E-state index < -0.39 is 77.6 Å². The van der Waals surface area contributed by atoms with Crippen molar-refractivity contribution >= 4 is 64.2 Å². The summed E-state index contributed by atoms with van der Waals surface area (Å²) in [5, 5.41) is 36.5. The normalized spacial score (nSPS) is 13.5. The van der Waals surface area contributed by atoms with Crippen LogP contribution in [0.2, 0.25) is 0 Å². The summed E-state index contributed by atoms with van der Waals surface area (Å²) in [5.41, 5.74) is 35.8. The number of nitrogens with zero attached hydrogens (tertiary/aromatic N) is 2. The van der Waals surface area contributed by atoms with E-state index in [-0.39, 0.29) is 88.0 Å². The Labute approximate surface area is 403 Å². The zero-order valence-electron chi connectivity index (χ0n) is 38.7. The second kappa shape index (κ2) is 26.8. The smallest absolute Gasteiger partial charge is 0.244 e. The monoisotopic (exact) mass is 969 g/mol. The molecule has 24 nitrogen and oxygen atoms in total. The van der Waals surface area contributed by atoms with Crippen LogP contribution in [0.5, 0.6) is 11.5 Å². The van der Waals surface area contributed by atoms with Crippen molar-refractivity contribution in [1.82, 2.24) is 36.9 Å². The first-order chi connectivity index (χ1) is 33.3. The molecule has 1 heterocycles. The van der Waals surface area contributed by atoms with E-state index in [1.54, 1.807) is 12.3 Å². The van der Waals surface area contributed by atoms with Gasteiger partial charge >= 0.3 is 0 Å². The number of aromatic nitrogens is 1. The molecule has 0 aliphatic carbocycles. The number of para-hydroxylation sites is 1. The third-order valence-corrected chi connectivity index (χ3v) is 10.9. The molecule has 7 amide bonds. The van der Waals surface area contributed by atoms with Gasteiger partial charge in [0.1, 0.15) is 47.8 Å². The quantitative estimate of drug-likeness (QED) is 0.0162. The number of hydrogen-bond donors (Lipinski definition) is 15. The van der Waals surface area contributed by atoms with Crippen molar-refractivity contribution < 1.29 is 43.8 Å². The summed E-state index contributed by atoms with van der Waals surface area (Å²) in [6, 6.07) is 10.9. The lowest BCUT2D eigenvalue weighted by atomic mass is 10.0. The number of fused-ring (bicyclic) bond motifs is 1. The molecule has 0 saturated heterocycles. The number of phenols is 2. The zero-order valence-corrected chi connectivity index (χ0v) is 38.7. The van der Waals surface area contributed by atoms with Crippen molar-refractivity contribution in [1.29, 1.82) is 0 Å². The Hall–Kier alpha value is -8.41. The molecule has 0 aliphatic rings. The van der Waals surface area contributed by atoms with E-state index in [4.69, 9.17) is 34.4 Å². The van der Waals surface area contributed by atoms with Gasteiger partial charge in [-0.3, -0.25) is 43.5 Å². The summed E-state index contributed by atoms with van der Waals surface area (Å²) < 4.78 is 0. The molecule has 6 atom stereocenters. The van der Waals surface area contributed by atoms with Crippen LogP contribution in [0, 0.1) is 0 Å². The minimum atomic E-state index is -1.45. The van der Waals surface area contributed by atoms with Crippen molar-refractivity contribution in [2.45, 2.75) is 88.1 Å². The Bertz CT molecular complexity index is 2490. The van der Waals surface area contributed by atoms with E-state index in [2.05, 4.69) is 46.9 Å². The predicted molar refractivity (Wildman–Crippen MR) is 261 cm³/mol. The van der Waals surface area contributed by atoms with Gasteiger partial charge in [0.05, 0.1) is 0 Å². The molecule has 376 valence electrons. The van der Waals surface area contributed by atoms with E-state index >= 15 is 0 Å². The van der Waals surface area contributed by atoms with Crippen molar-refractivity contribution in [2.24, 2.45) is 44.4 Å². The molecular weight excluding hydrogens is 907 g/mol. The molecule has 0 fully saturated rings. The number of amides is 7. The highest BCUT2D eigenvalue weighted by Crippen LogP contribution is 2.20. The first-order valence-corrected chi connectivity index (χ1v) is 22.3. The molecule has 3 aromatic carbocycles. The summed E-state index contributed by atoms with van der Waals surface area (Å²) in [7, 11) is 0. The van der Waals surface area contributed by atoms with E-state index in [0.717, 1.165) is 10.9 Å². The number of rotatable bonds is 27. The Morgan fingerprint density at radius 3 is 1.41 bits per heavy atom. The number of carbonyl (C=O) groups excluding carboxylic acids is 7. The zero-order chi connectivity index (χ0) is 51.3. The molecule has 0 aliphatic heterocycles. The summed E-state index contributed by atoms with van der Waals surface area (Å²) >= 11 is 0. The van der Waals surface area contributed by atoms with Gasteiger partial charge in [-0.2, -0.15) is 0 Å². The second-order valence-electron chi connectivity index (χ2n) is 16.4. The van der Waals surface area contributed by atoms with Crippen LogP contribution in [-0.4, -0.2) is 124 Å². The number of hydrogen-bond acceptors (Lipinski definition) is 12. The van der Waals surface area contributed by atoms with Crippen molar-refractivity contribution in [2.75, 3.05) is 19.6 Å². The van der Waals surface area contributed by atoms with Crippen LogP contribution in [-0.2, 0) is 52.8 Å². The van der Waals surface area contributed by atoms with Crippen LogP contribution < -0.4 is 66.3 Å². The van der Waals surface area contributed by atoms with Gasteiger partial charge in [-0.25, -0.2) is 0 Å². The molecule has 0 unspecified atom stereocenters. The Balaban J connectivity index is 1.69. The van der Waals surface area contributed by atoms with Crippen LogP contribution in [0.25, 0.3) is 10.9 Å². The number of phenolic OH excluding ortho intramolecular Hbond substituents is 2. The van der Waals surface area contributed by atoms with Crippen LogP contribution >= 0.6 is 0 Å². The van der Waals surface area contributed by atoms with E-state index in [1.165, 1.54) is 55.5 Å². The summed E-state index contributed by atoms with van der Waals surface area (Å²) in [6.45, 7) is 1.06. The minimum absolute atomic E-state index is 0.0377. The third-order valence-electron chi connectivity index (χ3n) is 10.9. The number of aliphatic imine (C=N–C) groups is 2. The maximum absolute atomic E-state index is 14.6. The average molecular weight is 970 g/mol. The van der Waals surface area contributed by atoms with Gasteiger partial charge < -0.3 is 81.5 Å². The summed E-state index contributed by atoms with van der Waals surface area (Å²) in [6.07, 6.45) is 1.63. The fourth-order valence-electron chi connectivity index (χ4n) is 7.28. The van der Waals surface area contributed by atoms with Crippen molar-refractivity contribution in [3.63, 3.8) is 0 Å². The SMILES string of the molecule is CC(=O)N[C@@H](CN)C(=O)N[C@@H](Cc1ccc(O)cc1)C(=O)N[C@@H](Cc1ccc(O)cc1)C(=O)N[C@@H](CCCN=C(N)N)C(=O)N[C@@H](Cc1c[nH]c2ccccc12)C(=O)N[C@@H](CCCN=C(N)N)C(N)=O. The summed E-state index contributed by atoms with van der Waals surface area (Å²) in [4.78, 5) is 106. The van der Waals surface area contributed by atoms with Crippen LogP contribution in [0.15, 0.2) is 89.0 Å². The molecule has 4 rings (SSSR count). The van der Waals surface area contributed by atoms with Crippen LogP contribution in [0.4, 0.5) is 0 Å². The maximum atomic E-state index is 14.6. The molecule has 0 radical (unpaired) electrons. The topological polar surface area (TPSA) is 429 Å². The standard InChI is InChI=1S/C46H63N15O9/c1-25(62)56-38(23-47)44(70)60-36(21-27-12-16-30(64)17-13-27)42(68)59-35(20-26-10-14-29(63)15-11-26)41(67)58-34(9-5-19-54-46(51)52)40(66)61-37(22-28-24-55-32-7-3-2-6-31(28)32)43(69)57-33(39(48)65)8-4-18-53-45(49)50/h2-3,6-7,10-17,24,33-38,55,63-64H,4-5,8-9,18-23,47H2,1H3,(H2,48,65)(H,56,62)(H,57,69)(H,58,67)(H,59,68)(H,60,70)(H,61,66)(H4,49,50,53)(H4,51,52,54)/t33-,34-,35-,36-,37-,38-/m0/s1.